The third-order valence-electron chi connectivity index (χ3n) is 4.57. The number of nitrogens with zero attached hydrogens (tertiary/aromatic N) is 2. The Kier molecular flexibility index (Phi) is 7.46. The summed E-state index contributed by atoms with van der Waals surface area (Å²) in [5.74, 6) is 0.827. The molecule has 1 unspecified atom stereocenters. The largest absolute Gasteiger partial charge is 0.396 e. The lowest BCUT2D eigenvalue weighted by Gasteiger charge is -2.24. The standard InChI is InChI=1S/C18H30N4O2/c1-3-20-17(21-9-5-16-4-8-19-12-15(16)2)22-13-18(6-10-23)7-11-24-14-18/h4,8,12,23H,3,5-7,9-11,13-14H2,1-2H3,(H2,20,21,22). The van der Waals surface area contributed by atoms with E-state index in [1.807, 2.05) is 12.4 Å². The molecule has 6 nitrogen and oxygen atoms in total. The molecule has 0 aromatic carbocycles. The SMILES string of the molecule is CCNC(=NCC1(CCO)CCOC1)NCCc1ccncc1C. The number of aliphatic hydroxyl groups excluding tert-OH is 1. The lowest BCUT2D eigenvalue weighted by Crippen LogP contribution is -2.39. The van der Waals surface area contributed by atoms with E-state index in [0.29, 0.717) is 13.2 Å². The first kappa shape index (κ1) is 18.7. The maximum Gasteiger partial charge on any atom is 0.191 e. The van der Waals surface area contributed by atoms with Gasteiger partial charge in [-0.1, -0.05) is 0 Å². The third-order valence-corrected chi connectivity index (χ3v) is 4.57. The Balaban J connectivity index is 1.89. The van der Waals surface area contributed by atoms with Crippen molar-refractivity contribution in [1.82, 2.24) is 15.6 Å². The average molecular weight is 334 g/mol. The van der Waals surface area contributed by atoms with Crippen molar-refractivity contribution in [1.29, 1.82) is 0 Å². The topological polar surface area (TPSA) is 78.8 Å². The van der Waals surface area contributed by atoms with Crippen LogP contribution in [0.3, 0.4) is 0 Å². The lowest BCUT2D eigenvalue weighted by atomic mass is 9.84. The minimum atomic E-state index is -0.0151. The highest BCUT2D eigenvalue weighted by molar-refractivity contribution is 5.79. The summed E-state index contributed by atoms with van der Waals surface area (Å²) >= 11 is 0. The molecule has 1 aromatic rings. The predicted molar refractivity (Wildman–Crippen MR) is 96.2 cm³/mol. The van der Waals surface area contributed by atoms with Crippen LogP contribution in [0.2, 0.25) is 0 Å². The number of guanidine groups is 1. The Hall–Kier alpha value is -1.66. The van der Waals surface area contributed by atoms with E-state index in [4.69, 9.17) is 9.73 Å². The summed E-state index contributed by atoms with van der Waals surface area (Å²) in [5, 5.41) is 16.0. The number of nitrogens with one attached hydrogen (secondary N) is 2. The highest BCUT2D eigenvalue weighted by Gasteiger charge is 2.34. The van der Waals surface area contributed by atoms with Crippen molar-refractivity contribution in [2.24, 2.45) is 10.4 Å². The average Bonchev–Trinajstić information content (AvgIpc) is 3.04. The molecular formula is C18H30N4O2. The van der Waals surface area contributed by atoms with E-state index in [0.717, 1.165) is 44.9 Å². The van der Waals surface area contributed by atoms with Gasteiger partial charge in [-0.05, 0) is 50.3 Å². The van der Waals surface area contributed by atoms with Crippen LogP contribution in [0.25, 0.3) is 0 Å². The Morgan fingerprint density at radius 2 is 2.33 bits per heavy atom. The molecule has 1 saturated heterocycles. The van der Waals surface area contributed by atoms with Gasteiger partial charge in [0, 0.05) is 44.1 Å². The van der Waals surface area contributed by atoms with Crippen LogP contribution in [-0.4, -0.2) is 55.5 Å². The molecule has 2 rings (SSSR count). The Bertz CT molecular complexity index is 528. The van der Waals surface area contributed by atoms with E-state index < -0.39 is 0 Å². The number of aliphatic imine (C=N–C) groups is 1. The van der Waals surface area contributed by atoms with Crippen molar-refractivity contribution in [2.75, 3.05) is 39.5 Å². The summed E-state index contributed by atoms with van der Waals surface area (Å²) < 4.78 is 5.53. The quantitative estimate of drug-likeness (QED) is 0.493. The fourth-order valence-electron chi connectivity index (χ4n) is 2.97. The number of hydrogen-bond donors (Lipinski definition) is 3. The van der Waals surface area contributed by atoms with Crippen LogP contribution in [0.4, 0.5) is 0 Å². The first-order valence-corrected chi connectivity index (χ1v) is 8.79. The Labute approximate surface area is 144 Å². The van der Waals surface area contributed by atoms with Gasteiger partial charge >= 0.3 is 0 Å². The van der Waals surface area contributed by atoms with Crippen molar-refractivity contribution in [3.05, 3.63) is 29.6 Å². The maximum absolute atomic E-state index is 9.31. The molecule has 3 N–H and O–H groups in total. The molecule has 1 aliphatic heterocycles. The second-order valence-corrected chi connectivity index (χ2v) is 6.45. The summed E-state index contributed by atoms with van der Waals surface area (Å²) in [6.45, 7) is 8.10. The molecule has 0 spiro atoms. The van der Waals surface area contributed by atoms with Gasteiger partial charge in [-0.25, -0.2) is 0 Å². The smallest absolute Gasteiger partial charge is 0.191 e. The van der Waals surface area contributed by atoms with Gasteiger partial charge in [0.1, 0.15) is 0 Å². The number of ether oxygens (including phenoxy) is 1. The van der Waals surface area contributed by atoms with Gasteiger partial charge in [0.05, 0.1) is 13.2 Å². The first-order chi connectivity index (χ1) is 11.7. The number of aromatic nitrogens is 1. The molecule has 6 heteroatoms. The number of aliphatic hydroxyl groups is 1. The monoisotopic (exact) mass is 334 g/mol. The highest BCUT2D eigenvalue weighted by Crippen LogP contribution is 2.32. The summed E-state index contributed by atoms with van der Waals surface area (Å²) in [6, 6.07) is 2.06. The van der Waals surface area contributed by atoms with Crippen LogP contribution in [0, 0.1) is 12.3 Å². The minimum Gasteiger partial charge on any atom is -0.396 e. The van der Waals surface area contributed by atoms with E-state index in [9.17, 15) is 5.11 Å². The van der Waals surface area contributed by atoms with Crippen molar-refractivity contribution < 1.29 is 9.84 Å². The Morgan fingerprint density at radius 1 is 1.46 bits per heavy atom. The number of hydrogen-bond acceptors (Lipinski definition) is 4. The summed E-state index contributed by atoms with van der Waals surface area (Å²) in [5.41, 5.74) is 2.50. The fourth-order valence-corrected chi connectivity index (χ4v) is 2.97. The fraction of sp³-hybridized carbons (Fsp3) is 0.667. The molecule has 134 valence electrons. The van der Waals surface area contributed by atoms with Crippen LogP contribution >= 0.6 is 0 Å². The lowest BCUT2D eigenvalue weighted by molar-refractivity contribution is 0.131. The Morgan fingerprint density at radius 3 is 3.00 bits per heavy atom. The van der Waals surface area contributed by atoms with E-state index in [1.54, 1.807) is 0 Å². The molecule has 24 heavy (non-hydrogen) atoms. The number of rotatable bonds is 8. The van der Waals surface area contributed by atoms with Crippen LogP contribution in [0.15, 0.2) is 23.5 Å². The van der Waals surface area contributed by atoms with Crippen molar-refractivity contribution in [3.8, 4) is 0 Å². The van der Waals surface area contributed by atoms with Gasteiger partial charge in [-0.3, -0.25) is 9.98 Å². The van der Waals surface area contributed by atoms with Gasteiger partial charge in [0.2, 0.25) is 0 Å². The molecule has 0 amide bonds. The number of aryl methyl sites for hydroxylation is 1. The van der Waals surface area contributed by atoms with Gasteiger partial charge < -0.3 is 20.5 Å². The highest BCUT2D eigenvalue weighted by atomic mass is 16.5. The summed E-state index contributed by atoms with van der Waals surface area (Å²) in [4.78, 5) is 8.86. The molecule has 0 radical (unpaired) electrons. The third kappa shape index (κ3) is 5.46. The molecule has 1 atom stereocenters. The zero-order chi connectivity index (χ0) is 17.3. The van der Waals surface area contributed by atoms with Gasteiger partial charge in [0.15, 0.2) is 5.96 Å². The van der Waals surface area contributed by atoms with E-state index in [2.05, 4.69) is 35.5 Å². The van der Waals surface area contributed by atoms with E-state index >= 15 is 0 Å². The van der Waals surface area contributed by atoms with Crippen molar-refractivity contribution >= 4 is 5.96 Å². The molecule has 2 heterocycles. The molecule has 0 bridgehead atoms. The van der Waals surface area contributed by atoms with Crippen LogP contribution in [0.5, 0.6) is 0 Å². The van der Waals surface area contributed by atoms with E-state index in [1.165, 1.54) is 11.1 Å². The predicted octanol–water partition coefficient (Wildman–Crippen LogP) is 1.28. The zero-order valence-corrected chi connectivity index (χ0v) is 14.8. The van der Waals surface area contributed by atoms with Crippen LogP contribution in [0.1, 0.15) is 30.9 Å². The molecular weight excluding hydrogens is 304 g/mol. The molecule has 0 saturated carbocycles. The van der Waals surface area contributed by atoms with Gasteiger partial charge in [0.25, 0.3) is 0 Å². The molecule has 1 fully saturated rings. The zero-order valence-electron chi connectivity index (χ0n) is 14.8. The maximum atomic E-state index is 9.31. The normalized spacial score (nSPS) is 21.0. The van der Waals surface area contributed by atoms with Crippen molar-refractivity contribution in [2.45, 2.75) is 33.1 Å². The van der Waals surface area contributed by atoms with Crippen LogP contribution in [-0.2, 0) is 11.2 Å². The molecule has 0 aliphatic carbocycles. The minimum absolute atomic E-state index is 0.0151. The summed E-state index contributed by atoms with van der Waals surface area (Å²) in [6.07, 6.45) is 6.37. The first-order valence-electron chi connectivity index (χ1n) is 8.79. The molecule has 1 aliphatic rings. The van der Waals surface area contributed by atoms with Gasteiger partial charge in [-0.15, -0.1) is 0 Å². The van der Waals surface area contributed by atoms with Gasteiger partial charge in [-0.2, -0.15) is 0 Å². The molecule has 1 aromatic heterocycles. The van der Waals surface area contributed by atoms with E-state index in [-0.39, 0.29) is 12.0 Å². The van der Waals surface area contributed by atoms with Crippen molar-refractivity contribution in [3.63, 3.8) is 0 Å². The van der Waals surface area contributed by atoms with Crippen LogP contribution < -0.4 is 10.6 Å². The second kappa shape index (κ2) is 9.59. The second-order valence-electron chi connectivity index (χ2n) is 6.45. The number of pyridine rings is 1. The summed E-state index contributed by atoms with van der Waals surface area (Å²) in [7, 11) is 0.